The van der Waals surface area contributed by atoms with E-state index in [1.54, 1.807) is 18.1 Å². The Kier molecular flexibility index (Phi) is 28.1. The highest BCUT2D eigenvalue weighted by molar-refractivity contribution is 6.36. The maximum atomic E-state index is 13.6. The number of hydrogen-bond acceptors (Lipinski definition) is 25. The molecule has 9 aliphatic rings. The maximum absolute atomic E-state index is 13.6. The van der Waals surface area contributed by atoms with Crippen LogP contribution in [0.3, 0.4) is 0 Å². The number of fused-ring (bicyclic) bond motifs is 5. The number of ether oxygens (including phenoxy) is 4. The molecule has 17 rings (SSSR count). The highest BCUT2D eigenvalue weighted by Crippen LogP contribution is 2.46. The molecule has 5 aromatic carbocycles. The normalized spacial score (nSPS) is 22.2. The molecule has 8 atom stereocenters. The Bertz CT molecular complexity index is 5980. The molecule has 0 bridgehead atoms. The standard InChI is InChI=1S/C99H112ClF6N21O7/c1-62-13-9-19-84(64(62)3)119-37-28-77-81(56-119)110-96(114-92(77)122-40-43-125(69(53-122)25-33-107)87(128)20-12-46-131-7)134-61-74-49-68(52-118(74)6)75-21-22-85(90-63(2)14-8-17-76(75)90)120-38-29-78-82(57-120)111-97(115-93(78)123-41-44-126(70(54-123)26-34-108)88(129)23-31-98(101,102)103)133-60-73-48-67(51-117(73)5)66-47-65-15-10-18-80(100)91(65)86(50-66)121-39-30-79-83(58-121)112-95(132-59-72-16-11-36-116(72)4)113-94(79)124-42-45-127(71(55-124)27-35-109)89(130)24-32-99(104,105)106/h8-10,12-15,17-24,31-32,47,50,67-74H,11,16,25-30,36-46,48-49,51-61H2,1-7H3/b20-12+,31-23+,32-24+/t67?,68?,69-,70-,71-,72-,73-,74-/m0/s1. The predicted molar refractivity (Wildman–Crippen MR) is 499 cm³/mol. The van der Waals surface area contributed by atoms with Crippen LogP contribution in [0.1, 0.15) is 118 Å². The Morgan fingerprint density at radius 3 is 1.43 bits per heavy atom. The molecule has 12 heterocycles. The van der Waals surface area contributed by atoms with Gasteiger partial charge in [0.2, 0.25) is 17.7 Å². The van der Waals surface area contributed by atoms with Crippen molar-refractivity contribution in [3.63, 3.8) is 0 Å². The molecule has 3 aromatic heterocycles. The molecule has 0 radical (unpaired) electrons. The Labute approximate surface area is 781 Å². The van der Waals surface area contributed by atoms with Crippen molar-refractivity contribution in [3.8, 4) is 36.2 Å². The van der Waals surface area contributed by atoms with Crippen molar-refractivity contribution in [2.24, 2.45) is 0 Å². The second kappa shape index (κ2) is 40.2. The lowest BCUT2D eigenvalue weighted by Gasteiger charge is -2.42. The Morgan fingerprint density at radius 2 is 0.940 bits per heavy atom. The van der Waals surface area contributed by atoms with E-state index in [0.29, 0.717) is 133 Å². The molecule has 2 unspecified atom stereocenters. The number of allylic oxidation sites excluding steroid dienone is 2. The molecule has 704 valence electrons. The average molecular weight is 1860 g/mol. The van der Waals surface area contributed by atoms with E-state index >= 15 is 0 Å². The predicted octanol–water partition coefficient (Wildman–Crippen LogP) is 13.1. The maximum Gasteiger partial charge on any atom is 0.409 e. The zero-order valence-electron chi connectivity index (χ0n) is 76.6. The van der Waals surface area contributed by atoms with Crippen LogP contribution < -0.4 is 43.6 Å². The number of alkyl halides is 6. The third-order valence-corrected chi connectivity index (χ3v) is 28.9. The summed E-state index contributed by atoms with van der Waals surface area (Å²) in [6.07, 6.45) is -0.268. The lowest BCUT2D eigenvalue weighted by Crippen LogP contribution is -2.55. The van der Waals surface area contributed by atoms with E-state index in [9.17, 15) is 56.5 Å². The van der Waals surface area contributed by atoms with Crippen LogP contribution in [0, 0.1) is 54.8 Å². The van der Waals surface area contributed by atoms with Gasteiger partial charge >= 0.3 is 30.4 Å². The van der Waals surface area contributed by atoms with Crippen molar-refractivity contribution in [1.82, 2.24) is 59.3 Å². The van der Waals surface area contributed by atoms with Crippen LogP contribution in [0.4, 0.5) is 60.9 Å². The minimum Gasteiger partial charge on any atom is -0.462 e. The van der Waals surface area contributed by atoms with Crippen LogP contribution in [-0.4, -0.2) is 278 Å². The molecule has 6 saturated heterocycles. The molecule has 0 spiro atoms. The van der Waals surface area contributed by atoms with Gasteiger partial charge in [-0.05, 0) is 168 Å². The summed E-state index contributed by atoms with van der Waals surface area (Å²) in [5.74, 6) is 0.243. The van der Waals surface area contributed by atoms with Crippen LogP contribution in [0.15, 0.2) is 115 Å². The SMILES string of the molecule is COC/C=C/C(=O)N1CCN(c2nc(OC[C@@H]3CC(c4ccc(N5CCc6c(nc(OC[C@@H]7CC(c8cc(N9CCc%10c(nc(OC[C@@H]%11CCCN%11C)nc%10N%10CCN(C(=O)/C=C/C(F)(F)F)[C@@H](CC#N)C%10)C9)c9c(Cl)cccc9c8)CN7C)nc6N6CCN(C(=O)/C=C/C(F)(F)F)[C@@H](CC#N)C6)C5)c5c(C)cccc45)CN3C)nc3c2CCN(c2cccc(C)c2C)C3)C[C@@H]1CC#N. The Balaban J connectivity index is 0.625. The number of piperazine rings is 3. The lowest BCUT2D eigenvalue weighted by atomic mass is 9.89. The average Bonchev–Trinajstić information content (AvgIpc) is 0.832. The zero-order chi connectivity index (χ0) is 94.0. The van der Waals surface area contributed by atoms with Crippen LogP contribution in [-0.2, 0) is 58.0 Å². The summed E-state index contributed by atoms with van der Waals surface area (Å²) >= 11 is 7.27. The molecule has 9 aliphatic heterocycles. The highest BCUT2D eigenvalue weighted by atomic mass is 35.5. The third-order valence-electron chi connectivity index (χ3n) is 28.6. The monoisotopic (exact) mass is 1860 g/mol. The first-order valence-electron chi connectivity index (χ1n) is 46.3. The number of likely N-dealkylation sites (N-methyl/N-ethyl adjacent to an activating group) is 3. The molecule has 0 N–H and O–H groups in total. The van der Waals surface area contributed by atoms with Crippen molar-refractivity contribution >= 4 is 85.4 Å². The van der Waals surface area contributed by atoms with Crippen LogP contribution in [0.5, 0.6) is 18.0 Å². The summed E-state index contributed by atoms with van der Waals surface area (Å²) in [7, 11) is 7.85. The van der Waals surface area contributed by atoms with E-state index in [-0.39, 0.29) is 137 Å². The summed E-state index contributed by atoms with van der Waals surface area (Å²) in [6.45, 7) is 15.2. The molecule has 134 heavy (non-hydrogen) atoms. The summed E-state index contributed by atoms with van der Waals surface area (Å²) < 4.78 is 106. The zero-order valence-corrected chi connectivity index (χ0v) is 77.4. The number of rotatable bonds is 25. The first-order chi connectivity index (χ1) is 64.6. The minimum absolute atomic E-state index is 0.00800. The van der Waals surface area contributed by atoms with Crippen molar-refractivity contribution < 1.29 is 59.7 Å². The lowest BCUT2D eigenvalue weighted by molar-refractivity contribution is -0.130. The summed E-state index contributed by atoms with van der Waals surface area (Å²) in [5.41, 5.74) is 14.0. The van der Waals surface area contributed by atoms with Crippen LogP contribution >= 0.6 is 11.6 Å². The third kappa shape index (κ3) is 20.4. The number of nitriles is 3. The van der Waals surface area contributed by atoms with Gasteiger partial charge in [-0.15, -0.1) is 0 Å². The van der Waals surface area contributed by atoms with Crippen LogP contribution in [0.25, 0.3) is 21.5 Å². The number of nitrogens with zero attached hydrogens (tertiary/aromatic N) is 21. The fraction of sp³-hybridized carbons (Fsp3) is 0.495. The number of likely N-dealkylation sites (tertiary alicyclic amines) is 3. The van der Waals surface area contributed by atoms with Crippen molar-refractivity contribution in [2.45, 2.75) is 165 Å². The quantitative estimate of drug-likeness (QED) is 0.0380. The van der Waals surface area contributed by atoms with E-state index < -0.39 is 36.3 Å². The van der Waals surface area contributed by atoms with Gasteiger partial charge in [-0.1, -0.05) is 72.3 Å². The van der Waals surface area contributed by atoms with E-state index in [1.165, 1.54) is 32.6 Å². The number of anilines is 6. The number of halogens is 7. The van der Waals surface area contributed by atoms with Gasteiger partial charge in [0, 0.05) is 192 Å². The molecule has 6 fully saturated rings. The van der Waals surface area contributed by atoms with Gasteiger partial charge in [0.05, 0.1) is 104 Å². The second-order valence-corrected chi connectivity index (χ2v) is 37.3. The number of carbonyl (C=O) groups is 3. The van der Waals surface area contributed by atoms with Gasteiger partial charge in [-0.25, -0.2) is 0 Å². The Morgan fingerprint density at radius 1 is 0.478 bits per heavy atom. The summed E-state index contributed by atoms with van der Waals surface area (Å²) in [5, 5.41) is 34.9. The number of amides is 3. The van der Waals surface area contributed by atoms with E-state index in [0.717, 1.165) is 128 Å². The summed E-state index contributed by atoms with van der Waals surface area (Å²) in [4.78, 5) is 96.2. The number of aryl methyl sites for hydroxylation is 2. The molecule has 0 aliphatic carbocycles. The van der Waals surface area contributed by atoms with Gasteiger partial charge in [-0.2, -0.15) is 72.0 Å². The van der Waals surface area contributed by atoms with Crippen LogP contribution in [0.2, 0.25) is 5.02 Å². The van der Waals surface area contributed by atoms with Crippen molar-refractivity contribution in [3.05, 3.63) is 182 Å². The number of aromatic nitrogens is 6. The number of methoxy groups -OCH3 is 1. The first-order valence-corrected chi connectivity index (χ1v) is 46.6. The van der Waals surface area contributed by atoms with Gasteiger partial charge in [0.15, 0.2) is 0 Å². The first kappa shape index (κ1) is 93.7. The molecule has 8 aromatic rings. The van der Waals surface area contributed by atoms with Gasteiger partial charge in [0.25, 0.3) is 0 Å². The van der Waals surface area contributed by atoms with Crippen molar-refractivity contribution in [2.75, 3.05) is 182 Å². The van der Waals surface area contributed by atoms with E-state index in [1.807, 2.05) is 21.9 Å². The topological polar surface area (TPSA) is 276 Å². The molecule has 3 amide bonds. The fourth-order valence-corrected chi connectivity index (χ4v) is 21.6. The molecular weight excluding hydrogens is 1740 g/mol. The number of hydrogen-bond donors (Lipinski definition) is 0. The number of benzene rings is 5. The molecular formula is C99H112ClF6N21O7. The molecule has 28 nitrogen and oxygen atoms in total. The minimum atomic E-state index is -4.72. The summed E-state index contributed by atoms with van der Waals surface area (Å²) in [6, 6.07) is 33.1. The highest BCUT2D eigenvalue weighted by Gasteiger charge is 2.43. The smallest absolute Gasteiger partial charge is 0.409 e. The number of carbonyl (C=O) groups excluding carboxylic acids is 3. The molecule has 35 heteroatoms. The Hall–Kier alpha value is -12.1. The largest absolute Gasteiger partial charge is 0.462 e. The molecule has 0 saturated carbocycles. The second-order valence-electron chi connectivity index (χ2n) is 36.9. The van der Waals surface area contributed by atoms with E-state index in [4.69, 9.17) is 60.5 Å². The van der Waals surface area contributed by atoms with Gasteiger partial charge < -0.3 is 67.9 Å². The van der Waals surface area contributed by atoms with E-state index in [2.05, 4.69) is 161 Å². The fourth-order valence-electron chi connectivity index (χ4n) is 21.4. The van der Waals surface area contributed by atoms with Crippen molar-refractivity contribution in [1.29, 1.82) is 15.8 Å². The van der Waals surface area contributed by atoms with Gasteiger partial charge in [0.1, 0.15) is 37.3 Å². The van der Waals surface area contributed by atoms with Gasteiger partial charge in [-0.3, -0.25) is 24.2 Å².